The fraction of sp³-hybridized carbons (Fsp3) is 0. The van der Waals surface area contributed by atoms with Crippen LogP contribution in [0.2, 0.25) is 10.0 Å². The number of thiophene rings is 2. The van der Waals surface area contributed by atoms with Crippen LogP contribution in [0.4, 0.5) is 11.4 Å². The summed E-state index contributed by atoms with van der Waals surface area (Å²) in [6.07, 6.45) is 0. The van der Waals surface area contributed by atoms with Gasteiger partial charge in [-0.25, -0.2) is 4.79 Å². The van der Waals surface area contributed by atoms with Crippen molar-refractivity contribution in [2.45, 2.75) is 0 Å². The van der Waals surface area contributed by atoms with E-state index in [9.17, 15) is 19.5 Å². The van der Waals surface area contributed by atoms with Gasteiger partial charge in [0, 0.05) is 0 Å². The van der Waals surface area contributed by atoms with Crippen LogP contribution in [-0.2, 0) is 0 Å². The first-order chi connectivity index (χ1) is 12.9. The first-order valence-corrected chi connectivity index (χ1v) is 9.84. The Labute approximate surface area is 171 Å². The van der Waals surface area contributed by atoms with Crippen LogP contribution in [0.5, 0.6) is 0 Å². The van der Waals surface area contributed by atoms with Crippen molar-refractivity contribution in [3.05, 3.63) is 66.5 Å². The fourth-order valence-corrected chi connectivity index (χ4v) is 4.23. The van der Waals surface area contributed by atoms with Crippen LogP contribution in [0.1, 0.15) is 29.7 Å². The lowest BCUT2D eigenvalue weighted by Gasteiger charge is -2.13. The summed E-state index contributed by atoms with van der Waals surface area (Å²) in [6.45, 7) is 0. The van der Waals surface area contributed by atoms with Gasteiger partial charge in [0.15, 0.2) is 0 Å². The number of amides is 2. The second-order valence-electron chi connectivity index (χ2n) is 5.17. The molecule has 27 heavy (non-hydrogen) atoms. The van der Waals surface area contributed by atoms with E-state index in [1.54, 1.807) is 22.9 Å². The third-order valence-corrected chi connectivity index (χ3v) is 6.09. The lowest BCUT2D eigenvalue weighted by atomic mass is 10.1. The maximum absolute atomic E-state index is 12.4. The average Bonchev–Trinajstić information content (AvgIpc) is 3.24. The average molecular weight is 441 g/mol. The lowest BCUT2D eigenvalue weighted by molar-refractivity contribution is 0.0696. The Kier molecular flexibility index (Phi) is 5.81. The van der Waals surface area contributed by atoms with E-state index in [0.29, 0.717) is 9.90 Å². The van der Waals surface area contributed by atoms with E-state index in [-0.39, 0.29) is 26.8 Å². The van der Waals surface area contributed by atoms with Crippen LogP contribution in [0, 0.1) is 0 Å². The first kappa shape index (κ1) is 19.4. The molecule has 138 valence electrons. The summed E-state index contributed by atoms with van der Waals surface area (Å²) in [4.78, 5) is 36.7. The summed E-state index contributed by atoms with van der Waals surface area (Å²) in [7, 11) is 0. The quantitative estimate of drug-likeness (QED) is 0.500. The minimum absolute atomic E-state index is 0.0465. The van der Waals surface area contributed by atoms with Gasteiger partial charge in [-0.15, -0.1) is 22.7 Å². The number of carbonyl (C=O) groups is 3. The molecule has 0 saturated carbocycles. The van der Waals surface area contributed by atoms with Gasteiger partial charge < -0.3 is 15.7 Å². The molecule has 3 rings (SSSR count). The van der Waals surface area contributed by atoms with Gasteiger partial charge in [-0.1, -0.05) is 23.2 Å². The van der Waals surface area contributed by atoms with Crippen molar-refractivity contribution < 1.29 is 19.5 Å². The van der Waals surface area contributed by atoms with Crippen LogP contribution in [0.15, 0.2) is 41.1 Å². The number of halogens is 2. The molecule has 1 aromatic carbocycles. The van der Waals surface area contributed by atoms with Crippen LogP contribution in [0.25, 0.3) is 0 Å². The summed E-state index contributed by atoms with van der Waals surface area (Å²) in [6, 6.07) is 7.15. The van der Waals surface area contributed by atoms with Gasteiger partial charge in [-0.2, -0.15) is 0 Å². The third-order valence-electron chi connectivity index (χ3n) is 3.41. The molecule has 2 amide bonds. The molecule has 0 radical (unpaired) electrons. The zero-order chi connectivity index (χ0) is 19.6. The molecule has 0 atom stereocenters. The third kappa shape index (κ3) is 4.30. The lowest BCUT2D eigenvalue weighted by Crippen LogP contribution is -2.16. The number of carbonyl (C=O) groups excluding carboxylic acids is 2. The monoisotopic (exact) mass is 440 g/mol. The second kappa shape index (κ2) is 8.10. The van der Waals surface area contributed by atoms with Gasteiger partial charge in [0.1, 0.15) is 9.75 Å². The molecular formula is C17H10Cl2N2O4S2. The number of hydrogen-bond donors (Lipinski definition) is 3. The number of aromatic carboxylic acids is 1. The van der Waals surface area contributed by atoms with Crippen molar-refractivity contribution in [1.29, 1.82) is 0 Å². The molecule has 0 bridgehead atoms. The van der Waals surface area contributed by atoms with Crippen LogP contribution in [0.3, 0.4) is 0 Å². The van der Waals surface area contributed by atoms with E-state index in [1.807, 2.05) is 0 Å². The molecule has 0 aliphatic rings. The number of hydrogen-bond acceptors (Lipinski definition) is 5. The second-order valence-corrected chi connectivity index (χ2v) is 7.82. The molecule has 0 saturated heterocycles. The predicted octanol–water partition coefficient (Wildman–Crippen LogP) is 5.32. The van der Waals surface area contributed by atoms with Crippen molar-refractivity contribution in [1.82, 2.24) is 0 Å². The van der Waals surface area contributed by atoms with Crippen LogP contribution < -0.4 is 10.6 Å². The van der Waals surface area contributed by atoms with E-state index in [0.717, 1.165) is 22.7 Å². The SMILES string of the molecule is O=C(O)c1ccc(NC(=O)c2sccc2Cl)c(NC(=O)c2sccc2Cl)c1. The number of carboxylic acid groups (broad SMARTS) is 1. The number of nitrogens with one attached hydrogen (secondary N) is 2. The topological polar surface area (TPSA) is 95.5 Å². The van der Waals surface area contributed by atoms with E-state index < -0.39 is 17.8 Å². The zero-order valence-corrected chi connectivity index (χ0v) is 16.4. The minimum Gasteiger partial charge on any atom is -0.478 e. The van der Waals surface area contributed by atoms with Crippen molar-refractivity contribution in [3.8, 4) is 0 Å². The molecule has 0 aliphatic heterocycles. The van der Waals surface area contributed by atoms with Crippen LogP contribution in [-0.4, -0.2) is 22.9 Å². The van der Waals surface area contributed by atoms with E-state index in [1.165, 1.54) is 18.2 Å². The van der Waals surface area contributed by atoms with Gasteiger partial charge in [-0.05, 0) is 41.1 Å². The standard InChI is InChI=1S/C17H10Cl2N2O4S2/c18-9-3-5-26-13(9)15(22)20-11-2-1-8(17(24)25)7-12(11)21-16(23)14-10(19)4-6-27-14/h1-7H,(H,20,22)(H,21,23)(H,24,25). The number of carboxylic acids is 1. The molecule has 0 spiro atoms. The van der Waals surface area contributed by atoms with E-state index in [2.05, 4.69) is 10.6 Å². The largest absolute Gasteiger partial charge is 0.478 e. The Bertz CT molecular complexity index is 1050. The van der Waals surface area contributed by atoms with Gasteiger partial charge in [0.05, 0.1) is 27.0 Å². The highest BCUT2D eigenvalue weighted by molar-refractivity contribution is 7.13. The Balaban J connectivity index is 1.92. The Morgan fingerprint density at radius 1 is 0.815 bits per heavy atom. The van der Waals surface area contributed by atoms with E-state index >= 15 is 0 Å². The maximum atomic E-state index is 12.4. The minimum atomic E-state index is -1.17. The van der Waals surface area contributed by atoms with Crippen molar-refractivity contribution in [2.24, 2.45) is 0 Å². The van der Waals surface area contributed by atoms with Gasteiger partial charge >= 0.3 is 5.97 Å². The Hall–Kier alpha value is -2.39. The fourth-order valence-electron chi connectivity index (χ4n) is 2.16. The smallest absolute Gasteiger partial charge is 0.335 e. The summed E-state index contributed by atoms with van der Waals surface area (Å²) < 4.78 is 0. The molecule has 3 aromatic rings. The van der Waals surface area contributed by atoms with E-state index in [4.69, 9.17) is 23.2 Å². The summed E-state index contributed by atoms with van der Waals surface area (Å²) in [5.74, 6) is -2.15. The van der Waals surface area contributed by atoms with Gasteiger partial charge in [0.2, 0.25) is 0 Å². The molecule has 0 unspecified atom stereocenters. The van der Waals surface area contributed by atoms with Gasteiger partial charge in [-0.3, -0.25) is 9.59 Å². The molecule has 6 nitrogen and oxygen atoms in total. The highest BCUT2D eigenvalue weighted by Crippen LogP contribution is 2.29. The molecule has 0 aliphatic carbocycles. The van der Waals surface area contributed by atoms with Gasteiger partial charge in [0.25, 0.3) is 11.8 Å². The predicted molar refractivity (Wildman–Crippen MR) is 108 cm³/mol. The number of benzene rings is 1. The zero-order valence-electron chi connectivity index (χ0n) is 13.3. The number of rotatable bonds is 5. The highest BCUT2D eigenvalue weighted by atomic mass is 35.5. The highest BCUT2D eigenvalue weighted by Gasteiger charge is 2.18. The van der Waals surface area contributed by atoms with Crippen molar-refractivity contribution in [3.63, 3.8) is 0 Å². The molecule has 2 heterocycles. The van der Waals surface area contributed by atoms with Crippen molar-refractivity contribution in [2.75, 3.05) is 10.6 Å². The first-order valence-electron chi connectivity index (χ1n) is 7.33. The molecular weight excluding hydrogens is 431 g/mol. The van der Waals surface area contributed by atoms with Crippen molar-refractivity contribution >= 4 is 75.0 Å². The number of anilines is 2. The molecule has 3 N–H and O–H groups in total. The maximum Gasteiger partial charge on any atom is 0.335 e. The molecule has 10 heteroatoms. The molecule has 2 aromatic heterocycles. The normalized spacial score (nSPS) is 10.4. The Morgan fingerprint density at radius 3 is 1.78 bits per heavy atom. The summed E-state index contributed by atoms with van der Waals surface area (Å²) >= 11 is 14.2. The summed E-state index contributed by atoms with van der Waals surface area (Å²) in [5.41, 5.74) is 0.315. The summed E-state index contributed by atoms with van der Waals surface area (Å²) in [5, 5.41) is 18.3. The van der Waals surface area contributed by atoms with Crippen LogP contribution >= 0.6 is 45.9 Å². The Morgan fingerprint density at radius 2 is 1.33 bits per heavy atom. The molecule has 0 fully saturated rings.